The van der Waals surface area contributed by atoms with Gasteiger partial charge in [0.2, 0.25) is 0 Å². The van der Waals surface area contributed by atoms with Gasteiger partial charge in [-0.25, -0.2) is 5.01 Å². The Morgan fingerprint density at radius 2 is 1.84 bits per heavy atom. The predicted molar refractivity (Wildman–Crippen MR) is 87.9 cm³/mol. The van der Waals surface area contributed by atoms with Crippen LogP contribution in [0.3, 0.4) is 0 Å². The van der Waals surface area contributed by atoms with Gasteiger partial charge in [-0.3, -0.25) is 25.1 Å². The van der Waals surface area contributed by atoms with Crippen LogP contribution in [0, 0.1) is 10.1 Å². The van der Waals surface area contributed by atoms with Crippen molar-refractivity contribution in [1.29, 1.82) is 0 Å². The Hall–Kier alpha value is -3.13. The van der Waals surface area contributed by atoms with Crippen molar-refractivity contribution in [3.63, 3.8) is 0 Å². The number of aromatic hydroxyl groups is 1. The van der Waals surface area contributed by atoms with E-state index in [9.17, 15) is 24.8 Å². The quantitative estimate of drug-likeness (QED) is 0.375. The summed E-state index contributed by atoms with van der Waals surface area (Å²) in [6.07, 6.45) is 0. The maximum Gasteiger partial charge on any atom is 0.273 e. The highest BCUT2D eigenvalue weighted by Crippen LogP contribution is 2.37. The number of phenols is 1. The average molecular weight is 362 g/mol. The third-order valence-electron chi connectivity index (χ3n) is 3.84. The zero-order chi connectivity index (χ0) is 18.1. The Bertz CT molecular complexity index is 855. The smallest absolute Gasteiger partial charge is 0.273 e. The number of nitrogens with zero attached hydrogens (tertiary/aromatic N) is 2. The van der Waals surface area contributed by atoms with E-state index in [4.69, 9.17) is 11.6 Å². The summed E-state index contributed by atoms with van der Waals surface area (Å²) < 4.78 is 0. The summed E-state index contributed by atoms with van der Waals surface area (Å²) in [6, 6.07) is 10.8. The van der Waals surface area contributed by atoms with E-state index < -0.39 is 28.2 Å². The molecule has 1 heterocycles. The molecule has 0 aliphatic carbocycles. The first-order valence-electron chi connectivity index (χ1n) is 7.20. The first kappa shape index (κ1) is 16.7. The highest BCUT2D eigenvalue weighted by Gasteiger charge is 2.48. The number of phenolic OH excluding ortho intramolecular Hbond substituents is 1. The highest BCUT2D eigenvalue weighted by molar-refractivity contribution is 6.33. The molecule has 3 rings (SSSR count). The molecule has 2 aromatic rings. The number of nitro groups is 1. The molecule has 0 saturated carbocycles. The van der Waals surface area contributed by atoms with E-state index in [1.165, 1.54) is 36.4 Å². The van der Waals surface area contributed by atoms with Gasteiger partial charge in [0.1, 0.15) is 17.2 Å². The Labute approximate surface area is 146 Å². The fourth-order valence-electron chi connectivity index (χ4n) is 2.52. The zero-order valence-electron chi connectivity index (χ0n) is 12.6. The molecule has 2 N–H and O–H groups in total. The molecule has 1 fully saturated rings. The van der Waals surface area contributed by atoms with Crippen LogP contribution in [0.2, 0.25) is 0 Å². The number of hydrogen-bond donors (Lipinski definition) is 2. The number of carbonyl (C=O) groups is 2. The second kappa shape index (κ2) is 6.40. The molecule has 2 aromatic carbocycles. The molecule has 25 heavy (non-hydrogen) atoms. The summed E-state index contributed by atoms with van der Waals surface area (Å²) in [4.78, 5) is 34.4. The third-order valence-corrected chi connectivity index (χ3v) is 4.27. The van der Waals surface area contributed by atoms with Gasteiger partial charge in [0.15, 0.2) is 0 Å². The molecule has 128 valence electrons. The molecule has 0 spiro atoms. The molecule has 0 bridgehead atoms. The van der Waals surface area contributed by atoms with Crippen molar-refractivity contribution in [2.45, 2.75) is 11.4 Å². The fraction of sp³-hybridized carbons (Fsp3) is 0.125. The van der Waals surface area contributed by atoms with E-state index in [0.717, 1.165) is 5.01 Å². The molecule has 1 saturated heterocycles. The normalized spacial score (nSPS) is 19.2. The number of non-ortho nitro benzene ring substituents is 1. The molecular weight excluding hydrogens is 350 g/mol. The standard InChI is InChI=1S/C16H12ClN3O5/c17-13-14(9-5-7-10(8-6-9)20(24)25)19(16(13)23)18-15(22)11-3-1-2-4-12(11)21/h1-8,13-14,21H,(H,18,22)/t13-,14-/m0/s1. The molecule has 0 radical (unpaired) electrons. The van der Waals surface area contributed by atoms with Gasteiger partial charge < -0.3 is 5.11 Å². The van der Waals surface area contributed by atoms with Crippen LogP contribution in [0.5, 0.6) is 5.75 Å². The van der Waals surface area contributed by atoms with E-state index in [0.29, 0.717) is 5.56 Å². The van der Waals surface area contributed by atoms with Crippen molar-refractivity contribution < 1.29 is 19.6 Å². The van der Waals surface area contributed by atoms with Crippen molar-refractivity contribution in [2.24, 2.45) is 0 Å². The molecule has 1 aliphatic rings. The van der Waals surface area contributed by atoms with Crippen LogP contribution in [-0.2, 0) is 4.79 Å². The highest BCUT2D eigenvalue weighted by atomic mass is 35.5. The van der Waals surface area contributed by atoms with Crippen LogP contribution in [0.4, 0.5) is 5.69 Å². The number of rotatable bonds is 4. The number of benzene rings is 2. The van der Waals surface area contributed by atoms with Crippen molar-refractivity contribution in [3.05, 3.63) is 69.8 Å². The predicted octanol–water partition coefficient (Wildman–Crippen LogP) is 2.14. The van der Waals surface area contributed by atoms with E-state index in [1.807, 2.05) is 0 Å². The van der Waals surface area contributed by atoms with Crippen LogP contribution in [0.1, 0.15) is 22.0 Å². The summed E-state index contributed by atoms with van der Waals surface area (Å²) in [5, 5.41) is 20.6. The number of nitrogens with one attached hydrogen (secondary N) is 1. The summed E-state index contributed by atoms with van der Waals surface area (Å²) in [6.45, 7) is 0. The first-order chi connectivity index (χ1) is 11.9. The minimum absolute atomic E-state index is 0.00997. The Kier molecular flexibility index (Phi) is 4.28. The topological polar surface area (TPSA) is 113 Å². The van der Waals surface area contributed by atoms with Crippen molar-refractivity contribution >= 4 is 29.1 Å². The van der Waals surface area contributed by atoms with Crippen molar-refractivity contribution in [3.8, 4) is 5.75 Å². The van der Waals surface area contributed by atoms with Crippen molar-refractivity contribution in [2.75, 3.05) is 0 Å². The number of β-lactam (4-membered cyclic amide) rings is 1. The summed E-state index contributed by atoms with van der Waals surface area (Å²) in [7, 11) is 0. The molecule has 9 heteroatoms. The van der Waals surface area contributed by atoms with Crippen LogP contribution in [-0.4, -0.2) is 32.2 Å². The van der Waals surface area contributed by atoms with E-state index in [2.05, 4.69) is 5.43 Å². The number of alkyl halides is 1. The molecule has 2 amide bonds. The molecular formula is C16H12ClN3O5. The maximum atomic E-state index is 12.2. The Morgan fingerprint density at radius 3 is 2.44 bits per heavy atom. The fourth-order valence-corrected chi connectivity index (χ4v) is 2.89. The van der Waals surface area contributed by atoms with Gasteiger partial charge in [-0.2, -0.15) is 0 Å². The first-order valence-corrected chi connectivity index (χ1v) is 7.64. The second-order valence-electron chi connectivity index (χ2n) is 5.36. The Balaban J connectivity index is 1.80. The molecule has 8 nitrogen and oxygen atoms in total. The molecule has 0 aromatic heterocycles. The van der Waals surface area contributed by atoms with Crippen LogP contribution < -0.4 is 5.43 Å². The van der Waals surface area contributed by atoms with E-state index in [-0.39, 0.29) is 17.0 Å². The molecule has 0 unspecified atom stereocenters. The van der Waals surface area contributed by atoms with E-state index in [1.54, 1.807) is 12.1 Å². The van der Waals surface area contributed by atoms with Gasteiger partial charge >= 0.3 is 0 Å². The number of carbonyl (C=O) groups excluding carboxylic acids is 2. The number of hydrogen-bond acceptors (Lipinski definition) is 5. The lowest BCUT2D eigenvalue weighted by Crippen LogP contribution is -2.63. The van der Waals surface area contributed by atoms with Crippen LogP contribution in [0.25, 0.3) is 0 Å². The van der Waals surface area contributed by atoms with Gasteiger partial charge in [-0.1, -0.05) is 12.1 Å². The maximum absolute atomic E-state index is 12.2. The number of nitro benzene ring substituents is 1. The van der Waals surface area contributed by atoms with Crippen molar-refractivity contribution in [1.82, 2.24) is 10.4 Å². The summed E-state index contributed by atoms with van der Waals surface area (Å²) in [5.41, 5.74) is 2.87. The van der Waals surface area contributed by atoms with Gasteiger partial charge in [0.05, 0.1) is 10.5 Å². The van der Waals surface area contributed by atoms with Gasteiger partial charge in [0, 0.05) is 12.1 Å². The van der Waals surface area contributed by atoms with Gasteiger partial charge in [-0.15, -0.1) is 11.6 Å². The minimum Gasteiger partial charge on any atom is -0.507 e. The van der Waals surface area contributed by atoms with Crippen LogP contribution >= 0.6 is 11.6 Å². The minimum atomic E-state index is -0.897. The number of halogens is 1. The third kappa shape index (κ3) is 2.99. The number of para-hydroxylation sites is 1. The largest absolute Gasteiger partial charge is 0.507 e. The lowest BCUT2D eigenvalue weighted by molar-refractivity contribution is -0.384. The van der Waals surface area contributed by atoms with Crippen LogP contribution in [0.15, 0.2) is 48.5 Å². The number of hydrazine groups is 1. The lowest BCUT2D eigenvalue weighted by Gasteiger charge is -2.43. The number of amides is 2. The lowest BCUT2D eigenvalue weighted by atomic mass is 9.95. The van der Waals surface area contributed by atoms with E-state index >= 15 is 0 Å². The molecule has 1 aliphatic heterocycles. The van der Waals surface area contributed by atoms with Gasteiger partial charge in [0.25, 0.3) is 17.5 Å². The second-order valence-corrected chi connectivity index (χ2v) is 5.83. The zero-order valence-corrected chi connectivity index (χ0v) is 13.4. The Morgan fingerprint density at radius 1 is 1.20 bits per heavy atom. The monoisotopic (exact) mass is 361 g/mol. The summed E-state index contributed by atoms with van der Waals surface area (Å²) in [5.74, 6) is -1.39. The van der Waals surface area contributed by atoms with Gasteiger partial charge in [-0.05, 0) is 29.8 Å². The SMILES string of the molecule is O=C(NN1C(=O)[C@@H](Cl)[C@@H]1c1ccc([N+](=O)[O-])cc1)c1ccccc1O. The average Bonchev–Trinajstić information content (AvgIpc) is 2.61. The molecule has 2 atom stereocenters. The summed E-state index contributed by atoms with van der Waals surface area (Å²) >= 11 is 6.03.